The second-order valence-corrected chi connectivity index (χ2v) is 3.45. The first-order valence-corrected chi connectivity index (χ1v) is 3.79. The van der Waals surface area contributed by atoms with Crippen molar-refractivity contribution in [3.63, 3.8) is 0 Å². The van der Waals surface area contributed by atoms with Crippen molar-refractivity contribution < 1.29 is 0 Å². The van der Waals surface area contributed by atoms with Crippen molar-refractivity contribution in [2.75, 3.05) is 0 Å². The summed E-state index contributed by atoms with van der Waals surface area (Å²) in [5, 5.41) is 3.50. The van der Waals surface area contributed by atoms with Gasteiger partial charge in [-0.05, 0) is 25.7 Å². The number of nitrogens with one attached hydrogen (secondary N) is 1. The van der Waals surface area contributed by atoms with E-state index >= 15 is 0 Å². The first-order valence-electron chi connectivity index (χ1n) is 3.79. The van der Waals surface area contributed by atoms with Crippen LogP contribution in [-0.2, 0) is 0 Å². The molecular weight excluding hydrogens is 112 g/mol. The molecule has 2 nitrogen and oxygen atoms in total. The Labute approximate surface area is 55.8 Å². The number of hydrogen-bond donors (Lipinski definition) is 2. The van der Waals surface area contributed by atoms with Gasteiger partial charge in [0.1, 0.15) is 0 Å². The van der Waals surface area contributed by atoms with E-state index < -0.39 is 0 Å². The van der Waals surface area contributed by atoms with Gasteiger partial charge in [0, 0.05) is 18.1 Å². The number of hydrogen-bond acceptors (Lipinski definition) is 2. The van der Waals surface area contributed by atoms with Crippen molar-refractivity contribution >= 4 is 0 Å². The van der Waals surface area contributed by atoms with Gasteiger partial charge in [-0.3, -0.25) is 0 Å². The van der Waals surface area contributed by atoms with Crippen LogP contribution in [0, 0.1) is 5.92 Å². The second-order valence-electron chi connectivity index (χ2n) is 3.45. The van der Waals surface area contributed by atoms with Gasteiger partial charge in [-0.15, -0.1) is 0 Å². The largest absolute Gasteiger partial charge is 0.327 e. The van der Waals surface area contributed by atoms with E-state index in [2.05, 4.69) is 12.2 Å². The van der Waals surface area contributed by atoms with Crippen LogP contribution in [0.3, 0.4) is 0 Å². The number of fused-ring (bicyclic) bond motifs is 2. The molecule has 2 heteroatoms. The SMILES string of the molecule is CC1NC2CC(N)C1C2. The molecule has 2 bridgehead atoms. The highest BCUT2D eigenvalue weighted by Crippen LogP contribution is 2.33. The zero-order valence-electron chi connectivity index (χ0n) is 5.80. The van der Waals surface area contributed by atoms with Crippen molar-refractivity contribution in [2.24, 2.45) is 11.7 Å². The summed E-state index contributed by atoms with van der Waals surface area (Å²) in [6, 6.07) is 1.92. The molecule has 2 rings (SSSR count). The molecule has 1 aliphatic heterocycles. The lowest BCUT2D eigenvalue weighted by atomic mass is 9.97. The van der Waals surface area contributed by atoms with Gasteiger partial charge in [-0.2, -0.15) is 0 Å². The van der Waals surface area contributed by atoms with Crippen LogP contribution < -0.4 is 11.1 Å². The van der Waals surface area contributed by atoms with E-state index in [0.717, 1.165) is 12.0 Å². The van der Waals surface area contributed by atoms with Crippen LogP contribution in [0.5, 0.6) is 0 Å². The van der Waals surface area contributed by atoms with E-state index in [1.807, 2.05) is 0 Å². The molecule has 0 amide bonds. The Hall–Kier alpha value is -0.0800. The van der Waals surface area contributed by atoms with Crippen LogP contribution in [0.25, 0.3) is 0 Å². The molecule has 0 spiro atoms. The Kier molecular flexibility index (Phi) is 1.08. The van der Waals surface area contributed by atoms with Gasteiger partial charge in [0.2, 0.25) is 0 Å². The predicted molar refractivity (Wildman–Crippen MR) is 37.1 cm³/mol. The van der Waals surface area contributed by atoms with Gasteiger partial charge in [-0.1, -0.05) is 0 Å². The topological polar surface area (TPSA) is 38.0 Å². The lowest BCUT2D eigenvalue weighted by Crippen LogP contribution is -2.43. The summed E-state index contributed by atoms with van der Waals surface area (Å²) in [4.78, 5) is 0. The fourth-order valence-electron chi connectivity index (χ4n) is 2.31. The van der Waals surface area contributed by atoms with Crippen molar-refractivity contribution in [3.05, 3.63) is 0 Å². The molecule has 4 unspecified atom stereocenters. The number of piperidine rings is 1. The van der Waals surface area contributed by atoms with Crippen LogP contribution in [0.15, 0.2) is 0 Å². The zero-order valence-corrected chi connectivity index (χ0v) is 5.80. The van der Waals surface area contributed by atoms with Crippen LogP contribution >= 0.6 is 0 Å². The van der Waals surface area contributed by atoms with Crippen molar-refractivity contribution in [3.8, 4) is 0 Å². The summed E-state index contributed by atoms with van der Waals surface area (Å²) in [5.74, 6) is 0.773. The smallest absolute Gasteiger partial charge is 0.00973 e. The van der Waals surface area contributed by atoms with Gasteiger partial charge in [0.15, 0.2) is 0 Å². The molecular formula is C7H14N2. The van der Waals surface area contributed by atoms with Crippen molar-refractivity contribution in [1.29, 1.82) is 0 Å². The third-order valence-corrected chi connectivity index (χ3v) is 2.80. The lowest BCUT2D eigenvalue weighted by Gasteiger charge is -2.24. The summed E-state index contributed by atoms with van der Waals surface area (Å²) in [6.07, 6.45) is 2.53. The average molecular weight is 126 g/mol. The standard InChI is InChI=1S/C7H14N2/c1-4-6-2-5(9-4)3-7(6)8/h4-7,9H,2-3,8H2,1H3. The molecule has 3 N–H and O–H groups in total. The Morgan fingerprint density at radius 1 is 1.44 bits per heavy atom. The van der Waals surface area contributed by atoms with Crippen LogP contribution in [0.2, 0.25) is 0 Å². The maximum atomic E-state index is 5.87. The highest BCUT2D eigenvalue weighted by Gasteiger charge is 2.41. The predicted octanol–water partition coefficient (Wildman–Crippen LogP) is 0.0840. The average Bonchev–Trinajstić information content (AvgIpc) is 2.22. The minimum atomic E-state index is 0.492. The Morgan fingerprint density at radius 2 is 2.22 bits per heavy atom. The fraction of sp³-hybridized carbons (Fsp3) is 1.00. The first-order chi connectivity index (χ1) is 4.27. The monoisotopic (exact) mass is 126 g/mol. The van der Waals surface area contributed by atoms with E-state index in [1.54, 1.807) is 0 Å². The summed E-state index contributed by atoms with van der Waals surface area (Å²) < 4.78 is 0. The summed E-state index contributed by atoms with van der Waals surface area (Å²) in [7, 11) is 0. The zero-order chi connectivity index (χ0) is 6.43. The van der Waals surface area contributed by atoms with Crippen molar-refractivity contribution in [1.82, 2.24) is 5.32 Å². The van der Waals surface area contributed by atoms with Crippen LogP contribution in [-0.4, -0.2) is 18.1 Å². The van der Waals surface area contributed by atoms with E-state index in [9.17, 15) is 0 Å². The second kappa shape index (κ2) is 1.70. The van der Waals surface area contributed by atoms with Gasteiger partial charge in [0.05, 0.1) is 0 Å². The molecule has 2 aliphatic rings. The third kappa shape index (κ3) is 0.700. The van der Waals surface area contributed by atoms with E-state index in [-0.39, 0.29) is 0 Å². The van der Waals surface area contributed by atoms with E-state index in [4.69, 9.17) is 5.73 Å². The Morgan fingerprint density at radius 3 is 2.56 bits per heavy atom. The molecule has 52 valence electrons. The maximum Gasteiger partial charge on any atom is 0.00973 e. The normalized spacial score (nSPS) is 56.7. The van der Waals surface area contributed by atoms with Crippen LogP contribution in [0.1, 0.15) is 19.8 Å². The van der Waals surface area contributed by atoms with E-state index in [1.165, 1.54) is 12.8 Å². The van der Waals surface area contributed by atoms with Crippen LogP contribution in [0.4, 0.5) is 0 Å². The molecule has 0 radical (unpaired) electrons. The molecule has 0 aromatic heterocycles. The minimum absolute atomic E-state index is 0.492. The Bertz CT molecular complexity index is 112. The van der Waals surface area contributed by atoms with Gasteiger partial charge < -0.3 is 11.1 Å². The maximum absolute atomic E-state index is 5.87. The van der Waals surface area contributed by atoms with Gasteiger partial charge >= 0.3 is 0 Å². The molecule has 0 aromatic rings. The third-order valence-electron chi connectivity index (χ3n) is 2.80. The minimum Gasteiger partial charge on any atom is -0.327 e. The highest BCUT2D eigenvalue weighted by molar-refractivity contribution is 5.01. The fourth-order valence-corrected chi connectivity index (χ4v) is 2.31. The molecule has 1 saturated heterocycles. The summed E-state index contributed by atoms with van der Waals surface area (Å²) in [6.45, 7) is 2.24. The molecule has 1 saturated carbocycles. The molecule has 4 atom stereocenters. The lowest BCUT2D eigenvalue weighted by molar-refractivity contribution is 0.358. The first kappa shape index (κ1) is 5.69. The van der Waals surface area contributed by atoms with Gasteiger partial charge in [0.25, 0.3) is 0 Å². The highest BCUT2D eigenvalue weighted by atomic mass is 15.0. The van der Waals surface area contributed by atoms with Gasteiger partial charge in [-0.25, -0.2) is 0 Å². The molecule has 9 heavy (non-hydrogen) atoms. The summed E-state index contributed by atoms with van der Waals surface area (Å²) >= 11 is 0. The summed E-state index contributed by atoms with van der Waals surface area (Å²) in [5.41, 5.74) is 5.87. The number of rotatable bonds is 0. The molecule has 2 fully saturated rings. The molecule has 0 aromatic carbocycles. The number of nitrogens with two attached hydrogens (primary N) is 1. The van der Waals surface area contributed by atoms with E-state index in [0.29, 0.717) is 12.1 Å². The molecule has 1 aliphatic carbocycles. The Balaban J connectivity index is 2.13. The van der Waals surface area contributed by atoms with Crippen molar-refractivity contribution in [2.45, 2.75) is 37.9 Å². The molecule has 1 heterocycles. The quantitative estimate of drug-likeness (QED) is 0.482.